The van der Waals surface area contributed by atoms with Crippen LogP contribution in [0.5, 0.6) is 0 Å². The molecular weight excluding hydrogens is 287 g/mol. The molecule has 118 valence electrons. The Hall–Kier alpha value is -1.60. The highest BCUT2D eigenvalue weighted by atomic mass is 19.4. The number of hydrogen-bond donors (Lipinski definition) is 1. The quantitative estimate of drug-likeness (QED) is 0.748. The van der Waals surface area contributed by atoms with Gasteiger partial charge in [-0.1, -0.05) is 12.1 Å². The maximum atomic E-state index is 12.4. The first-order valence-electron chi connectivity index (χ1n) is 6.43. The number of amides is 1. The number of hydrogen-bond acceptors (Lipinski definition) is 3. The molecule has 4 nitrogen and oxygen atoms in total. The Morgan fingerprint density at radius 3 is 2.43 bits per heavy atom. The molecule has 0 radical (unpaired) electrons. The first-order valence-corrected chi connectivity index (χ1v) is 6.43. The summed E-state index contributed by atoms with van der Waals surface area (Å²) in [5.41, 5.74) is 0.0467. The van der Waals surface area contributed by atoms with Crippen LogP contribution in [0.4, 0.5) is 13.2 Å². The molecule has 1 N–H and O–H groups in total. The van der Waals surface area contributed by atoms with Crippen molar-refractivity contribution in [3.63, 3.8) is 0 Å². The second-order valence-electron chi connectivity index (χ2n) is 4.34. The van der Waals surface area contributed by atoms with E-state index in [1.165, 1.54) is 19.2 Å². The molecule has 0 fully saturated rings. The van der Waals surface area contributed by atoms with Gasteiger partial charge in [-0.05, 0) is 24.1 Å². The Bertz CT molecular complexity index is 432. The van der Waals surface area contributed by atoms with Crippen LogP contribution in [0.3, 0.4) is 0 Å². The summed E-state index contributed by atoms with van der Waals surface area (Å²) in [5, 5.41) is 2.63. The molecule has 0 aliphatic carbocycles. The molecule has 21 heavy (non-hydrogen) atoms. The maximum absolute atomic E-state index is 12.4. The summed E-state index contributed by atoms with van der Waals surface area (Å²) in [4.78, 5) is 11.4. The van der Waals surface area contributed by atoms with Gasteiger partial charge in [-0.2, -0.15) is 13.2 Å². The van der Waals surface area contributed by atoms with Gasteiger partial charge >= 0.3 is 6.18 Å². The summed E-state index contributed by atoms with van der Waals surface area (Å²) in [6.07, 6.45) is -3.87. The second-order valence-corrected chi connectivity index (χ2v) is 4.34. The zero-order valence-corrected chi connectivity index (χ0v) is 11.7. The third-order valence-electron chi connectivity index (χ3n) is 2.68. The molecule has 1 aromatic carbocycles. The summed E-state index contributed by atoms with van der Waals surface area (Å²) in [5.74, 6) is -0.266. The van der Waals surface area contributed by atoms with Crippen molar-refractivity contribution in [2.75, 3.05) is 33.5 Å². The molecule has 0 saturated carbocycles. The van der Waals surface area contributed by atoms with Gasteiger partial charge in [0.25, 0.3) is 0 Å². The van der Waals surface area contributed by atoms with E-state index in [-0.39, 0.29) is 12.5 Å². The molecule has 0 unspecified atom stereocenters. The van der Waals surface area contributed by atoms with Gasteiger partial charge in [0.05, 0.1) is 18.8 Å². The molecule has 1 rings (SSSR count). The van der Waals surface area contributed by atoms with E-state index in [2.05, 4.69) is 5.32 Å². The molecule has 0 bridgehead atoms. The Kier molecular flexibility index (Phi) is 7.18. The lowest BCUT2D eigenvalue weighted by Crippen LogP contribution is -2.29. The van der Waals surface area contributed by atoms with Crippen molar-refractivity contribution < 1.29 is 27.4 Å². The molecule has 0 aliphatic heterocycles. The van der Waals surface area contributed by atoms with Gasteiger partial charge in [0.2, 0.25) is 5.91 Å². The van der Waals surface area contributed by atoms with Gasteiger partial charge in [-0.15, -0.1) is 0 Å². The summed E-state index contributed by atoms with van der Waals surface area (Å²) < 4.78 is 46.9. The van der Waals surface area contributed by atoms with Crippen molar-refractivity contribution in [1.29, 1.82) is 0 Å². The van der Waals surface area contributed by atoms with Crippen LogP contribution in [0.2, 0.25) is 0 Å². The number of ether oxygens (including phenoxy) is 2. The highest BCUT2D eigenvalue weighted by Crippen LogP contribution is 2.29. The van der Waals surface area contributed by atoms with E-state index in [0.717, 1.165) is 17.7 Å². The van der Waals surface area contributed by atoms with Gasteiger partial charge in [0.1, 0.15) is 6.61 Å². The van der Waals surface area contributed by atoms with Crippen LogP contribution in [0, 0.1) is 0 Å². The van der Waals surface area contributed by atoms with Crippen LogP contribution in [0.15, 0.2) is 24.3 Å². The highest BCUT2D eigenvalue weighted by molar-refractivity contribution is 5.77. The number of methoxy groups -OCH3 is 1. The van der Waals surface area contributed by atoms with Crippen LogP contribution in [0.25, 0.3) is 0 Å². The predicted molar refractivity (Wildman–Crippen MR) is 70.9 cm³/mol. The molecular formula is C14H18F3NO3. The average molecular weight is 305 g/mol. The van der Waals surface area contributed by atoms with Gasteiger partial charge in [-0.3, -0.25) is 4.79 Å². The van der Waals surface area contributed by atoms with E-state index in [0.29, 0.717) is 26.2 Å². The lowest BCUT2D eigenvalue weighted by Gasteiger charge is -2.08. The van der Waals surface area contributed by atoms with E-state index in [1.54, 1.807) is 0 Å². The Balaban J connectivity index is 2.25. The van der Waals surface area contributed by atoms with Crippen molar-refractivity contribution in [3.05, 3.63) is 35.4 Å². The first-order chi connectivity index (χ1) is 9.93. The smallest absolute Gasteiger partial charge is 0.382 e. The largest absolute Gasteiger partial charge is 0.416 e. The number of benzene rings is 1. The molecule has 1 aromatic rings. The fourth-order valence-electron chi connectivity index (χ4n) is 1.56. The van der Waals surface area contributed by atoms with Crippen LogP contribution >= 0.6 is 0 Å². The Morgan fingerprint density at radius 2 is 1.86 bits per heavy atom. The van der Waals surface area contributed by atoms with Gasteiger partial charge in [0, 0.05) is 13.7 Å². The maximum Gasteiger partial charge on any atom is 0.416 e. The van der Waals surface area contributed by atoms with E-state index in [1.807, 2.05) is 0 Å². The number of alkyl halides is 3. The van der Waals surface area contributed by atoms with Crippen molar-refractivity contribution >= 4 is 5.91 Å². The number of nitrogens with one attached hydrogen (secondary N) is 1. The molecule has 0 heterocycles. The van der Waals surface area contributed by atoms with Gasteiger partial charge < -0.3 is 14.8 Å². The molecule has 0 aromatic heterocycles. The number of carbonyl (C=O) groups is 1. The molecule has 0 spiro atoms. The molecule has 7 heteroatoms. The summed E-state index contributed by atoms with van der Waals surface area (Å²) in [7, 11) is 1.54. The van der Waals surface area contributed by atoms with E-state index in [4.69, 9.17) is 9.47 Å². The highest BCUT2D eigenvalue weighted by Gasteiger charge is 2.29. The third-order valence-corrected chi connectivity index (χ3v) is 2.68. The lowest BCUT2D eigenvalue weighted by molar-refractivity contribution is -0.137. The van der Waals surface area contributed by atoms with Crippen LogP contribution in [-0.2, 0) is 26.9 Å². The standard InChI is InChI=1S/C14H18F3NO3/c1-20-8-9-21-10-13(19)18-7-6-11-2-4-12(5-3-11)14(15,16)17/h2-5H,6-10H2,1H3,(H,18,19). The van der Waals surface area contributed by atoms with E-state index >= 15 is 0 Å². The minimum atomic E-state index is -4.33. The Morgan fingerprint density at radius 1 is 1.19 bits per heavy atom. The fourth-order valence-corrected chi connectivity index (χ4v) is 1.56. The van der Waals surface area contributed by atoms with Crippen LogP contribution in [-0.4, -0.2) is 39.4 Å². The summed E-state index contributed by atoms with van der Waals surface area (Å²) in [6, 6.07) is 4.88. The molecule has 0 saturated heterocycles. The van der Waals surface area contributed by atoms with Gasteiger partial charge in [-0.25, -0.2) is 0 Å². The van der Waals surface area contributed by atoms with Crippen LogP contribution < -0.4 is 5.32 Å². The number of halogens is 3. The molecule has 0 aliphatic rings. The minimum Gasteiger partial charge on any atom is -0.382 e. The molecule has 1 amide bonds. The first kappa shape index (κ1) is 17.5. The Labute approximate surface area is 121 Å². The number of rotatable bonds is 8. The SMILES string of the molecule is COCCOCC(=O)NCCc1ccc(C(F)(F)F)cc1. The predicted octanol–water partition coefficient (Wildman–Crippen LogP) is 2.03. The average Bonchev–Trinajstić information content (AvgIpc) is 2.43. The van der Waals surface area contributed by atoms with Crippen molar-refractivity contribution in [2.45, 2.75) is 12.6 Å². The van der Waals surface area contributed by atoms with Gasteiger partial charge in [0.15, 0.2) is 0 Å². The summed E-state index contributed by atoms with van der Waals surface area (Å²) in [6.45, 7) is 1.04. The summed E-state index contributed by atoms with van der Waals surface area (Å²) >= 11 is 0. The van der Waals surface area contributed by atoms with Crippen LogP contribution in [0.1, 0.15) is 11.1 Å². The van der Waals surface area contributed by atoms with E-state index in [9.17, 15) is 18.0 Å². The normalized spacial score (nSPS) is 11.4. The zero-order valence-electron chi connectivity index (χ0n) is 11.7. The lowest BCUT2D eigenvalue weighted by atomic mass is 10.1. The second kappa shape index (κ2) is 8.63. The van der Waals surface area contributed by atoms with E-state index < -0.39 is 11.7 Å². The van der Waals surface area contributed by atoms with Crippen molar-refractivity contribution in [3.8, 4) is 0 Å². The number of carbonyl (C=O) groups excluding carboxylic acids is 1. The monoisotopic (exact) mass is 305 g/mol. The zero-order chi connectivity index (χ0) is 15.7. The topological polar surface area (TPSA) is 47.6 Å². The van der Waals surface area contributed by atoms with Crippen molar-refractivity contribution in [2.24, 2.45) is 0 Å². The third kappa shape index (κ3) is 7.10. The van der Waals surface area contributed by atoms with Crippen molar-refractivity contribution in [1.82, 2.24) is 5.32 Å². The fraction of sp³-hybridized carbons (Fsp3) is 0.500. The minimum absolute atomic E-state index is 0.0592. The molecule has 0 atom stereocenters.